The molecular formula is C9H14N2. The Bertz CT molecular complexity index is 182. The van der Waals surface area contributed by atoms with Crippen molar-refractivity contribution >= 4 is 0 Å². The van der Waals surface area contributed by atoms with Gasteiger partial charge in [0, 0.05) is 12.6 Å². The lowest BCUT2D eigenvalue weighted by atomic mass is 9.85. The number of hydrogen-bond acceptors (Lipinski definition) is 2. The second-order valence-corrected chi connectivity index (χ2v) is 3.69. The molecule has 0 N–H and O–H groups in total. The molecule has 2 aliphatic rings. The normalized spacial score (nSPS) is 36.5. The van der Waals surface area contributed by atoms with Gasteiger partial charge in [-0.2, -0.15) is 5.26 Å². The van der Waals surface area contributed by atoms with Crippen molar-refractivity contribution in [2.24, 2.45) is 5.92 Å². The van der Waals surface area contributed by atoms with E-state index in [-0.39, 0.29) is 0 Å². The largest absolute Gasteiger partial charge is 0.307 e. The lowest BCUT2D eigenvalue weighted by Gasteiger charge is -2.27. The van der Waals surface area contributed by atoms with E-state index in [1.165, 1.54) is 32.1 Å². The third-order valence-corrected chi connectivity index (χ3v) is 3.14. The molecule has 0 aromatic heterocycles. The van der Waals surface area contributed by atoms with E-state index in [1.807, 2.05) is 4.90 Å². The predicted octanol–water partition coefficient (Wildman–Crippen LogP) is 1.73. The Morgan fingerprint density at radius 1 is 1.18 bits per heavy atom. The molecule has 1 saturated carbocycles. The first-order valence-corrected chi connectivity index (χ1v) is 4.58. The van der Waals surface area contributed by atoms with Crippen LogP contribution in [0, 0.1) is 17.4 Å². The van der Waals surface area contributed by atoms with Gasteiger partial charge in [-0.15, -0.1) is 0 Å². The van der Waals surface area contributed by atoms with Crippen LogP contribution in [0.15, 0.2) is 0 Å². The Morgan fingerprint density at radius 3 is 2.82 bits per heavy atom. The molecule has 2 heteroatoms. The average Bonchev–Trinajstić information content (AvgIpc) is 2.47. The first-order valence-electron chi connectivity index (χ1n) is 4.58. The van der Waals surface area contributed by atoms with Gasteiger partial charge in [-0.25, -0.2) is 0 Å². The summed E-state index contributed by atoms with van der Waals surface area (Å²) in [5.74, 6) is 0.850. The molecule has 60 valence electrons. The maximum Gasteiger partial charge on any atom is 0.179 e. The van der Waals surface area contributed by atoms with Crippen LogP contribution >= 0.6 is 0 Å². The number of nitriles is 1. The number of rotatable bonds is 0. The zero-order chi connectivity index (χ0) is 7.68. The summed E-state index contributed by atoms with van der Waals surface area (Å²) in [6.45, 7) is 1.02. The Balaban J connectivity index is 2.05. The van der Waals surface area contributed by atoms with E-state index in [2.05, 4.69) is 6.19 Å². The minimum atomic E-state index is 0.619. The van der Waals surface area contributed by atoms with Gasteiger partial charge in [0.2, 0.25) is 0 Å². The molecule has 2 atom stereocenters. The topological polar surface area (TPSA) is 27.0 Å². The van der Waals surface area contributed by atoms with Gasteiger partial charge < -0.3 is 4.90 Å². The quantitative estimate of drug-likeness (QED) is 0.492. The van der Waals surface area contributed by atoms with E-state index in [4.69, 9.17) is 5.26 Å². The van der Waals surface area contributed by atoms with Gasteiger partial charge >= 0.3 is 0 Å². The monoisotopic (exact) mass is 150 g/mol. The highest BCUT2D eigenvalue weighted by Gasteiger charge is 2.34. The fourth-order valence-electron chi connectivity index (χ4n) is 2.53. The molecule has 0 radical (unpaired) electrons. The molecule has 2 rings (SSSR count). The SMILES string of the molecule is N#CN1CCC2CCCCC21. The smallest absolute Gasteiger partial charge is 0.179 e. The summed E-state index contributed by atoms with van der Waals surface area (Å²) in [6.07, 6.45) is 8.91. The van der Waals surface area contributed by atoms with Crippen LogP contribution in [0.5, 0.6) is 0 Å². The van der Waals surface area contributed by atoms with Crippen molar-refractivity contribution in [2.75, 3.05) is 6.54 Å². The molecule has 0 amide bonds. The molecule has 0 aromatic rings. The summed E-state index contributed by atoms with van der Waals surface area (Å²) in [5.41, 5.74) is 0. The van der Waals surface area contributed by atoms with E-state index >= 15 is 0 Å². The number of hydrogen-bond donors (Lipinski definition) is 0. The lowest BCUT2D eigenvalue weighted by molar-refractivity contribution is 0.242. The van der Waals surface area contributed by atoms with E-state index in [1.54, 1.807) is 0 Å². The molecule has 2 nitrogen and oxygen atoms in total. The first-order chi connectivity index (χ1) is 5.42. The van der Waals surface area contributed by atoms with Crippen LogP contribution in [0.1, 0.15) is 32.1 Å². The Kier molecular flexibility index (Phi) is 1.73. The van der Waals surface area contributed by atoms with Gasteiger partial charge in [0.05, 0.1) is 0 Å². The summed E-state index contributed by atoms with van der Waals surface area (Å²) in [7, 11) is 0. The molecule has 1 aliphatic heterocycles. The molecule has 0 spiro atoms. The van der Waals surface area contributed by atoms with Gasteiger partial charge in [-0.1, -0.05) is 12.8 Å². The van der Waals surface area contributed by atoms with Crippen molar-refractivity contribution in [3.63, 3.8) is 0 Å². The van der Waals surface area contributed by atoms with Crippen molar-refractivity contribution in [2.45, 2.75) is 38.1 Å². The van der Waals surface area contributed by atoms with Gasteiger partial charge in [0.25, 0.3) is 0 Å². The zero-order valence-electron chi connectivity index (χ0n) is 6.79. The molecule has 1 heterocycles. The van der Waals surface area contributed by atoms with Crippen LogP contribution in [-0.4, -0.2) is 17.5 Å². The molecule has 2 fully saturated rings. The highest BCUT2D eigenvalue weighted by atomic mass is 15.2. The fraction of sp³-hybridized carbons (Fsp3) is 0.889. The molecule has 0 bridgehead atoms. The van der Waals surface area contributed by atoms with Gasteiger partial charge in [0.1, 0.15) is 0 Å². The van der Waals surface area contributed by atoms with Crippen molar-refractivity contribution < 1.29 is 0 Å². The minimum absolute atomic E-state index is 0.619. The second kappa shape index (κ2) is 2.73. The highest BCUT2D eigenvalue weighted by Crippen LogP contribution is 2.35. The van der Waals surface area contributed by atoms with Gasteiger partial charge in [-0.3, -0.25) is 0 Å². The van der Waals surface area contributed by atoms with Crippen LogP contribution in [0.4, 0.5) is 0 Å². The molecule has 0 aromatic carbocycles. The van der Waals surface area contributed by atoms with Gasteiger partial charge in [-0.05, 0) is 25.2 Å². The average molecular weight is 150 g/mol. The third-order valence-electron chi connectivity index (χ3n) is 3.14. The van der Waals surface area contributed by atoms with Crippen LogP contribution in [0.2, 0.25) is 0 Å². The summed E-state index contributed by atoms with van der Waals surface area (Å²) in [5, 5.41) is 8.78. The molecule has 1 saturated heterocycles. The Morgan fingerprint density at radius 2 is 2.00 bits per heavy atom. The zero-order valence-corrected chi connectivity index (χ0v) is 6.79. The van der Waals surface area contributed by atoms with Crippen LogP contribution < -0.4 is 0 Å². The summed E-state index contributed by atoms with van der Waals surface area (Å²) in [6, 6.07) is 0.619. The third kappa shape index (κ3) is 1.09. The summed E-state index contributed by atoms with van der Waals surface area (Å²) >= 11 is 0. The van der Waals surface area contributed by atoms with Crippen LogP contribution in [0.25, 0.3) is 0 Å². The van der Waals surface area contributed by atoms with Crippen LogP contribution in [0.3, 0.4) is 0 Å². The molecule has 11 heavy (non-hydrogen) atoms. The fourth-order valence-corrected chi connectivity index (χ4v) is 2.53. The standard InChI is InChI=1S/C9H14N2/c10-7-11-6-5-8-3-1-2-4-9(8)11/h8-9H,1-6H2. The second-order valence-electron chi connectivity index (χ2n) is 3.69. The lowest BCUT2D eigenvalue weighted by Crippen LogP contribution is -2.31. The number of fused-ring (bicyclic) bond motifs is 1. The van der Waals surface area contributed by atoms with E-state index in [0.29, 0.717) is 6.04 Å². The van der Waals surface area contributed by atoms with Crippen molar-refractivity contribution in [1.82, 2.24) is 4.90 Å². The minimum Gasteiger partial charge on any atom is -0.307 e. The predicted molar refractivity (Wildman–Crippen MR) is 42.7 cm³/mol. The molecule has 1 aliphatic carbocycles. The summed E-state index contributed by atoms with van der Waals surface area (Å²) in [4.78, 5) is 1.99. The molecular weight excluding hydrogens is 136 g/mol. The maximum absolute atomic E-state index is 8.78. The van der Waals surface area contributed by atoms with Crippen molar-refractivity contribution in [3.05, 3.63) is 0 Å². The Labute approximate surface area is 67.8 Å². The Hall–Kier alpha value is -0.710. The number of likely N-dealkylation sites (tertiary alicyclic amines) is 1. The maximum atomic E-state index is 8.78. The van der Waals surface area contributed by atoms with Crippen molar-refractivity contribution in [3.8, 4) is 6.19 Å². The molecule has 2 unspecified atom stereocenters. The van der Waals surface area contributed by atoms with Gasteiger partial charge in [0.15, 0.2) is 6.19 Å². The van der Waals surface area contributed by atoms with E-state index in [0.717, 1.165) is 12.5 Å². The highest BCUT2D eigenvalue weighted by molar-refractivity contribution is 4.95. The van der Waals surface area contributed by atoms with Crippen LogP contribution in [-0.2, 0) is 0 Å². The number of nitrogens with zero attached hydrogens (tertiary/aromatic N) is 2. The van der Waals surface area contributed by atoms with E-state index in [9.17, 15) is 0 Å². The first kappa shape index (κ1) is 6.97. The van der Waals surface area contributed by atoms with Crippen molar-refractivity contribution in [1.29, 1.82) is 5.26 Å². The summed E-state index contributed by atoms with van der Waals surface area (Å²) < 4.78 is 0. The van der Waals surface area contributed by atoms with E-state index < -0.39 is 0 Å².